The van der Waals surface area contributed by atoms with Crippen molar-refractivity contribution in [1.29, 1.82) is 0 Å². The number of aromatic nitrogens is 1. The van der Waals surface area contributed by atoms with Crippen LogP contribution in [0, 0.1) is 5.92 Å². The normalized spacial score (nSPS) is 19.9. The van der Waals surface area contributed by atoms with Gasteiger partial charge < -0.3 is 14.8 Å². The van der Waals surface area contributed by atoms with Crippen LogP contribution in [0.5, 0.6) is 0 Å². The molecule has 2 rings (SSSR count). The minimum Gasteiger partial charge on any atom is -0.449 e. The Morgan fingerprint density at radius 2 is 2.31 bits per heavy atom. The molecule has 16 heavy (non-hydrogen) atoms. The third kappa shape index (κ3) is 3.32. The molecule has 2 heterocycles. The number of oxazole rings is 1. The van der Waals surface area contributed by atoms with E-state index in [1.807, 2.05) is 0 Å². The molecule has 0 spiro atoms. The zero-order valence-corrected chi connectivity index (χ0v) is 9.78. The summed E-state index contributed by atoms with van der Waals surface area (Å²) in [7, 11) is 0. The number of piperidine rings is 1. The van der Waals surface area contributed by atoms with E-state index in [1.165, 1.54) is 12.8 Å². The van der Waals surface area contributed by atoms with E-state index in [9.17, 15) is 5.11 Å². The lowest BCUT2D eigenvalue weighted by Gasteiger charge is -2.20. The fourth-order valence-corrected chi connectivity index (χ4v) is 2.17. The molecule has 1 atom stereocenters. The number of nitrogens with one attached hydrogen (secondary N) is 1. The maximum absolute atomic E-state index is 9.25. The van der Waals surface area contributed by atoms with Crippen molar-refractivity contribution in [1.82, 2.24) is 10.3 Å². The van der Waals surface area contributed by atoms with Crippen molar-refractivity contribution in [2.45, 2.75) is 38.7 Å². The number of aliphatic hydroxyl groups is 1. The van der Waals surface area contributed by atoms with Gasteiger partial charge in [-0.05, 0) is 38.8 Å². The fourth-order valence-electron chi connectivity index (χ4n) is 2.17. The molecular formula is C12H20N2O2. The van der Waals surface area contributed by atoms with E-state index in [0.29, 0.717) is 12.3 Å². The van der Waals surface area contributed by atoms with Crippen LogP contribution in [0.3, 0.4) is 0 Å². The predicted molar refractivity (Wildman–Crippen MR) is 61.2 cm³/mol. The van der Waals surface area contributed by atoms with Crippen LogP contribution in [0.1, 0.15) is 31.4 Å². The molecule has 1 saturated heterocycles. The average molecular weight is 224 g/mol. The van der Waals surface area contributed by atoms with Crippen molar-refractivity contribution in [2.24, 2.45) is 5.92 Å². The van der Waals surface area contributed by atoms with E-state index in [0.717, 1.165) is 31.1 Å². The van der Waals surface area contributed by atoms with Gasteiger partial charge >= 0.3 is 0 Å². The van der Waals surface area contributed by atoms with Crippen molar-refractivity contribution in [3.05, 3.63) is 17.8 Å². The first-order chi connectivity index (χ1) is 7.74. The lowest BCUT2D eigenvalue weighted by molar-refractivity contribution is 0.194. The van der Waals surface area contributed by atoms with Crippen LogP contribution in [-0.2, 0) is 12.8 Å². The van der Waals surface area contributed by atoms with Crippen LogP contribution < -0.4 is 5.32 Å². The molecule has 1 unspecified atom stereocenters. The highest BCUT2D eigenvalue weighted by Crippen LogP contribution is 2.17. The Kier molecular flexibility index (Phi) is 3.96. The molecule has 4 heteroatoms. The predicted octanol–water partition coefficient (Wildman–Crippen LogP) is 1.14. The fraction of sp³-hybridized carbons (Fsp3) is 0.750. The van der Waals surface area contributed by atoms with Crippen molar-refractivity contribution in [3.8, 4) is 0 Å². The number of hydrogen-bond acceptors (Lipinski definition) is 4. The molecule has 0 radical (unpaired) electrons. The minimum absolute atomic E-state index is 0.350. The van der Waals surface area contributed by atoms with E-state index in [1.54, 1.807) is 13.2 Å². The van der Waals surface area contributed by atoms with Gasteiger partial charge in [0.2, 0.25) is 0 Å². The topological polar surface area (TPSA) is 58.3 Å². The third-order valence-electron chi connectivity index (χ3n) is 3.03. The Morgan fingerprint density at radius 3 is 3.00 bits per heavy atom. The van der Waals surface area contributed by atoms with E-state index in [-0.39, 0.29) is 6.10 Å². The van der Waals surface area contributed by atoms with Gasteiger partial charge in [-0.3, -0.25) is 0 Å². The summed E-state index contributed by atoms with van der Waals surface area (Å²) in [5.41, 5.74) is 0.860. The van der Waals surface area contributed by atoms with Gasteiger partial charge in [0, 0.05) is 12.8 Å². The Bertz CT molecular complexity index is 317. The summed E-state index contributed by atoms with van der Waals surface area (Å²) < 4.78 is 5.43. The maximum Gasteiger partial charge on any atom is 0.194 e. The van der Waals surface area contributed by atoms with E-state index >= 15 is 0 Å². The first-order valence-corrected chi connectivity index (χ1v) is 6.06. The van der Waals surface area contributed by atoms with Crippen LogP contribution in [0.2, 0.25) is 0 Å². The average Bonchev–Trinajstić information content (AvgIpc) is 2.66. The smallest absolute Gasteiger partial charge is 0.194 e. The zero-order chi connectivity index (χ0) is 11.4. The van der Waals surface area contributed by atoms with Crippen molar-refractivity contribution >= 4 is 0 Å². The highest BCUT2D eigenvalue weighted by atomic mass is 16.3. The molecule has 0 amide bonds. The summed E-state index contributed by atoms with van der Waals surface area (Å²) in [4.78, 5) is 4.40. The molecule has 90 valence electrons. The largest absolute Gasteiger partial charge is 0.449 e. The van der Waals surface area contributed by atoms with Crippen LogP contribution in [0.4, 0.5) is 0 Å². The second-order valence-corrected chi connectivity index (χ2v) is 4.68. The maximum atomic E-state index is 9.25. The molecule has 0 aromatic carbocycles. The van der Waals surface area contributed by atoms with Gasteiger partial charge in [0.15, 0.2) is 5.89 Å². The Balaban J connectivity index is 1.86. The molecule has 0 aliphatic carbocycles. The van der Waals surface area contributed by atoms with Gasteiger partial charge in [-0.25, -0.2) is 4.98 Å². The Labute approximate surface area is 96.1 Å². The molecular weight excluding hydrogens is 204 g/mol. The number of nitrogens with zero attached hydrogens (tertiary/aromatic N) is 1. The SMILES string of the molecule is CC(O)Cc1coc(CC2CCNCC2)n1. The number of rotatable bonds is 4. The second-order valence-electron chi connectivity index (χ2n) is 4.68. The lowest BCUT2D eigenvalue weighted by Crippen LogP contribution is -2.28. The molecule has 0 bridgehead atoms. The summed E-state index contributed by atoms with van der Waals surface area (Å²) in [5.74, 6) is 1.52. The van der Waals surface area contributed by atoms with Crippen LogP contribution >= 0.6 is 0 Å². The molecule has 2 N–H and O–H groups in total. The Hall–Kier alpha value is -0.870. The summed E-state index contributed by atoms with van der Waals surface area (Å²) in [6, 6.07) is 0. The highest BCUT2D eigenvalue weighted by molar-refractivity contribution is 4.98. The molecule has 1 aliphatic heterocycles. The third-order valence-corrected chi connectivity index (χ3v) is 3.03. The quantitative estimate of drug-likeness (QED) is 0.805. The van der Waals surface area contributed by atoms with Gasteiger partial charge in [0.25, 0.3) is 0 Å². The molecule has 1 aromatic rings. The first kappa shape index (κ1) is 11.6. The van der Waals surface area contributed by atoms with E-state index in [4.69, 9.17) is 4.42 Å². The molecule has 1 aromatic heterocycles. The van der Waals surface area contributed by atoms with E-state index in [2.05, 4.69) is 10.3 Å². The molecule has 4 nitrogen and oxygen atoms in total. The molecule has 1 aliphatic rings. The Morgan fingerprint density at radius 1 is 1.56 bits per heavy atom. The van der Waals surface area contributed by atoms with Gasteiger partial charge in [0.1, 0.15) is 6.26 Å². The number of hydrogen-bond donors (Lipinski definition) is 2. The second kappa shape index (κ2) is 5.46. The standard InChI is InChI=1S/C12H20N2O2/c1-9(15)6-11-8-16-12(14-11)7-10-2-4-13-5-3-10/h8-10,13,15H,2-7H2,1H3. The van der Waals surface area contributed by atoms with Crippen molar-refractivity contribution in [2.75, 3.05) is 13.1 Å². The zero-order valence-electron chi connectivity index (χ0n) is 9.78. The van der Waals surface area contributed by atoms with E-state index < -0.39 is 0 Å². The van der Waals surface area contributed by atoms with Crippen LogP contribution in [0.25, 0.3) is 0 Å². The monoisotopic (exact) mass is 224 g/mol. The number of aliphatic hydroxyl groups excluding tert-OH is 1. The summed E-state index contributed by atoms with van der Waals surface area (Å²) in [6.45, 7) is 3.97. The molecule has 0 saturated carbocycles. The first-order valence-electron chi connectivity index (χ1n) is 6.06. The van der Waals surface area contributed by atoms with Crippen LogP contribution in [-0.4, -0.2) is 29.3 Å². The molecule has 1 fully saturated rings. The van der Waals surface area contributed by atoms with Crippen LogP contribution in [0.15, 0.2) is 10.7 Å². The van der Waals surface area contributed by atoms with Gasteiger partial charge in [-0.1, -0.05) is 0 Å². The van der Waals surface area contributed by atoms with Crippen molar-refractivity contribution < 1.29 is 9.52 Å². The highest BCUT2D eigenvalue weighted by Gasteiger charge is 2.16. The summed E-state index contributed by atoms with van der Waals surface area (Å²) in [6.07, 6.45) is 5.24. The minimum atomic E-state index is -0.350. The lowest BCUT2D eigenvalue weighted by atomic mass is 9.95. The summed E-state index contributed by atoms with van der Waals surface area (Å²) in [5, 5.41) is 12.6. The van der Waals surface area contributed by atoms with Crippen molar-refractivity contribution in [3.63, 3.8) is 0 Å². The van der Waals surface area contributed by atoms with Gasteiger partial charge in [-0.15, -0.1) is 0 Å². The van der Waals surface area contributed by atoms with Gasteiger partial charge in [0.05, 0.1) is 11.8 Å². The van der Waals surface area contributed by atoms with Gasteiger partial charge in [-0.2, -0.15) is 0 Å². The summed E-state index contributed by atoms with van der Waals surface area (Å²) >= 11 is 0.